The number of fused-ring (bicyclic) bond motifs is 1. The third-order valence-electron chi connectivity index (χ3n) is 8.16. The summed E-state index contributed by atoms with van der Waals surface area (Å²) in [6.45, 7) is 2.85. The second-order valence-corrected chi connectivity index (χ2v) is 9.96. The van der Waals surface area contributed by atoms with E-state index in [1.807, 2.05) is 0 Å². The molecule has 1 aromatic carbocycles. The molecule has 7 heteroatoms. The van der Waals surface area contributed by atoms with E-state index < -0.39 is 23.7 Å². The van der Waals surface area contributed by atoms with Crippen molar-refractivity contribution >= 4 is 0 Å². The molecule has 3 aliphatic rings. The number of ether oxygens (including phenoxy) is 2. The first kappa shape index (κ1) is 23.8. The molecule has 3 saturated carbocycles. The van der Waals surface area contributed by atoms with Crippen LogP contribution in [-0.2, 0) is 4.74 Å². The SMILES string of the molecule is CCOC1CCC2CC(C3CCC(c4cc(F)c(OC(F)(F)F)c(F)c4)CC3)CCC2C1. The molecule has 32 heavy (non-hydrogen) atoms. The Kier molecular flexibility index (Phi) is 7.33. The minimum Gasteiger partial charge on any atom is -0.399 e. The minimum atomic E-state index is -5.12. The molecule has 4 rings (SSSR count). The lowest BCUT2D eigenvalue weighted by Gasteiger charge is -2.45. The molecule has 0 heterocycles. The average Bonchev–Trinajstić information content (AvgIpc) is 2.75. The Morgan fingerprint density at radius 1 is 0.781 bits per heavy atom. The van der Waals surface area contributed by atoms with Crippen molar-refractivity contribution in [2.24, 2.45) is 23.7 Å². The van der Waals surface area contributed by atoms with E-state index in [4.69, 9.17) is 4.74 Å². The van der Waals surface area contributed by atoms with Crippen LogP contribution in [0.2, 0.25) is 0 Å². The number of rotatable bonds is 5. The predicted octanol–water partition coefficient (Wildman–Crippen LogP) is 7.76. The van der Waals surface area contributed by atoms with Crippen molar-refractivity contribution in [3.8, 4) is 5.75 Å². The maximum absolute atomic E-state index is 14.1. The molecule has 0 saturated heterocycles. The summed E-state index contributed by atoms with van der Waals surface area (Å²) in [5.41, 5.74) is 0.436. The van der Waals surface area contributed by atoms with E-state index in [9.17, 15) is 22.0 Å². The zero-order valence-corrected chi connectivity index (χ0v) is 18.6. The monoisotopic (exact) mass is 460 g/mol. The van der Waals surface area contributed by atoms with Gasteiger partial charge in [0.15, 0.2) is 11.6 Å². The summed E-state index contributed by atoms with van der Waals surface area (Å²) in [4.78, 5) is 0. The number of halogens is 5. The lowest BCUT2D eigenvalue weighted by Crippen LogP contribution is -2.36. The molecule has 3 aliphatic carbocycles. The molecule has 3 fully saturated rings. The Bertz CT molecular complexity index is 749. The van der Waals surface area contributed by atoms with E-state index in [1.165, 1.54) is 38.5 Å². The summed E-state index contributed by atoms with van der Waals surface area (Å²) in [5, 5.41) is 0. The van der Waals surface area contributed by atoms with Crippen LogP contribution in [-0.4, -0.2) is 19.1 Å². The largest absolute Gasteiger partial charge is 0.573 e. The van der Waals surface area contributed by atoms with Crippen LogP contribution in [0.25, 0.3) is 0 Å². The van der Waals surface area contributed by atoms with Crippen molar-refractivity contribution in [2.75, 3.05) is 6.61 Å². The standard InChI is InChI=1S/C25H33F5O2/c1-2-31-21-10-9-18-11-17(7-8-19(18)12-21)15-3-5-16(6-4-15)20-13-22(26)24(23(27)14-20)32-25(28,29)30/h13-19,21H,2-12H2,1H3. The second-order valence-electron chi connectivity index (χ2n) is 9.96. The number of alkyl halides is 3. The van der Waals surface area contributed by atoms with Gasteiger partial charge in [0.05, 0.1) is 6.10 Å². The topological polar surface area (TPSA) is 18.5 Å². The normalized spacial score (nSPS) is 33.6. The van der Waals surface area contributed by atoms with Gasteiger partial charge in [0.1, 0.15) is 0 Å². The first-order valence-corrected chi connectivity index (χ1v) is 12.1. The second kappa shape index (κ2) is 9.86. The quantitative estimate of drug-likeness (QED) is 0.418. The maximum atomic E-state index is 14.1. The Balaban J connectivity index is 1.31. The van der Waals surface area contributed by atoms with Crippen LogP contribution in [0, 0.1) is 35.3 Å². The van der Waals surface area contributed by atoms with Gasteiger partial charge in [-0.1, -0.05) is 0 Å². The third kappa shape index (κ3) is 5.57. The van der Waals surface area contributed by atoms with Gasteiger partial charge < -0.3 is 9.47 Å². The van der Waals surface area contributed by atoms with Gasteiger partial charge >= 0.3 is 6.36 Å². The van der Waals surface area contributed by atoms with Crippen molar-refractivity contribution in [1.82, 2.24) is 0 Å². The minimum absolute atomic E-state index is 0.0202. The van der Waals surface area contributed by atoms with Crippen LogP contribution in [0.5, 0.6) is 5.75 Å². The van der Waals surface area contributed by atoms with E-state index in [2.05, 4.69) is 11.7 Å². The molecule has 0 radical (unpaired) electrons. The van der Waals surface area contributed by atoms with E-state index in [-0.39, 0.29) is 5.92 Å². The fourth-order valence-corrected chi connectivity index (χ4v) is 6.65. The molecule has 1 aromatic rings. The molecule has 0 amide bonds. The molecule has 180 valence electrons. The van der Waals surface area contributed by atoms with Gasteiger partial charge in [-0.2, -0.15) is 0 Å². The summed E-state index contributed by atoms with van der Waals surface area (Å²) in [6.07, 6.45) is 6.40. The number of hydrogen-bond donors (Lipinski definition) is 0. The lowest BCUT2D eigenvalue weighted by molar-refractivity contribution is -0.276. The van der Waals surface area contributed by atoms with Crippen LogP contribution in [0.1, 0.15) is 82.6 Å². The van der Waals surface area contributed by atoms with Gasteiger partial charge in [-0.05, 0) is 118 Å². The molecular weight excluding hydrogens is 427 g/mol. The van der Waals surface area contributed by atoms with Gasteiger partial charge in [0, 0.05) is 6.61 Å². The Labute approximate surface area is 186 Å². The summed E-state index contributed by atoms with van der Waals surface area (Å²) >= 11 is 0. The van der Waals surface area contributed by atoms with Crippen LogP contribution < -0.4 is 4.74 Å². The molecule has 4 atom stereocenters. The molecular formula is C25H33F5O2. The van der Waals surface area contributed by atoms with Gasteiger partial charge in [0.25, 0.3) is 0 Å². The fraction of sp³-hybridized carbons (Fsp3) is 0.760. The average molecular weight is 461 g/mol. The Hall–Kier alpha value is -1.37. The van der Waals surface area contributed by atoms with Crippen molar-refractivity contribution in [3.05, 3.63) is 29.3 Å². The van der Waals surface area contributed by atoms with Crippen molar-refractivity contribution in [1.29, 1.82) is 0 Å². The molecule has 0 N–H and O–H groups in total. The van der Waals surface area contributed by atoms with E-state index in [1.54, 1.807) is 0 Å². The fourth-order valence-electron chi connectivity index (χ4n) is 6.65. The summed E-state index contributed by atoms with van der Waals surface area (Å²) in [6, 6.07) is 2.02. The van der Waals surface area contributed by atoms with Crippen molar-refractivity contribution in [2.45, 2.75) is 89.5 Å². The van der Waals surface area contributed by atoms with E-state index >= 15 is 0 Å². The predicted molar refractivity (Wildman–Crippen MR) is 111 cm³/mol. The van der Waals surface area contributed by atoms with Gasteiger partial charge in [-0.15, -0.1) is 13.2 Å². The maximum Gasteiger partial charge on any atom is 0.573 e. The summed E-state index contributed by atoms with van der Waals surface area (Å²) in [5.74, 6) is -1.03. The number of hydrogen-bond acceptors (Lipinski definition) is 2. The first-order valence-electron chi connectivity index (χ1n) is 12.1. The molecule has 0 spiro atoms. The van der Waals surface area contributed by atoms with E-state index in [0.717, 1.165) is 62.2 Å². The highest BCUT2D eigenvalue weighted by molar-refractivity contribution is 5.33. The van der Waals surface area contributed by atoms with E-state index in [0.29, 0.717) is 17.6 Å². The van der Waals surface area contributed by atoms with Crippen LogP contribution in [0.4, 0.5) is 22.0 Å². The van der Waals surface area contributed by atoms with Crippen molar-refractivity contribution in [3.63, 3.8) is 0 Å². The zero-order chi connectivity index (χ0) is 22.9. The summed E-state index contributed by atoms with van der Waals surface area (Å²) in [7, 11) is 0. The molecule has 0 aliphatic heterocycles. The van der Waals surface area contributed by atoms with Crippen LogP contribution in [0.3, 0.4) is 0 Å². The highest BCUT2D eigenvalue weighted by Crippen LogP contribution is 2.49. The highest BCUT2D eigenvalue weighted by Gasteiger charge is 2.39. The molecule has 0 bridgehead atoms. The molecule has 2 nitrogen and oxygen atoms in total. The zero-order valence-electron chi connectivity index (χ0n) is 18.6. The molecule has 4 unspecified atom stereocenters. The summed E-state index contributed by atoms with van der Waals surface area (Å²) < 4.78 is 74.7. The Morgan fingerprint density at radius 2 is 1.31 bits per heavy atom. The highest BCUT2D eigenvalue weighted by atomic mass is 19.4. The van der Waals surface area contributed by atoms with Gasteiger partial charge in [0.2, 0.25) is 5.75 Å². The third-order valence-corrected chi connectivity index (χ3v) is 8.16. The Morgan fingerprint density at radius 3 is 1.91 bits per heavy atom. The first-order chi connectivity index (χ1) is 15.2. The smallest absolute Gasteiger partial charge is 0.399 e. The van der Waals surface area contributed by atoms with Gasteiger partial charge in [-0.3, -0.25) is 0 Å². The van der Waals surface area contributed by atoms with Crippen molar-refractivity contribution < 1.29 is 31.4 Å². The van der Waals surface area contributed by atoms with Crippen LogP contribution in [0.15, 0.2) is 12.1 Å². The molecule has 0 aromatic heterocycles. The lowest BCUT2D eigenvalue weighted by atomic mass is 9.62. The number of benzene rings is 1. The van der Waals surface area contributed by atoms with Crippen LogP contribution >= 0.6 is 0 Å². The van der Waals surface area contributed by atoms with Gasteiger partial charge in [-0.25, -0.2) is 8.78 Å².